The Balaban J connectivity index is 1.69. The van der Waals surface area contributed by atoms with Gasteiger partial charge in [-0.2, -0.15) is 0 Å². The zero-order valence-corrected chi connectivity index (χ0v) is 12.9. The van der Waals surface area contributed by atoms with Crippen LogP contribution in [0.25, 0.3) is 11.0 Å². The molecular formula is C15H20N4O4. The second-order valence-corrected chi connectivity index (χ2v) is 5.74. The van der Waals surface area contributed by atoms with Gasteiger partial charge in [0.25, 0.3) is 0 Å². The molecule has 8 heteroatoms. The van der Waals surface area contributed by atoms with Gasteiger partial charge >= 0.3 is 6.09 Å². The normalized spacial score (nSPS) is 16.6. The third-order valence-electron chi connectivity index (χ3n) is 4.17. The highest BCUT2D eigenvalue weighted by Crippen LogP contribution is 2.32. The Hall–Kier alpha value is -2.48. The number of nitrogens with two attached hydrogens (primary N) is 1. The van der Waals surface area contributed by atoms with Gasteiger partial charge in [-0.1, -0.05) is 5.16 Å². The molecule has 1 aromatic heterocycles. The van der Waals surface area contributed by atoms with Crippen molar-refractivity contribution in [2.24, 2.45) is 0 Å². The molecule has 3 rings (SSSR count). The Labute approximate surface area is 133 Å². The lowest BCUT2D eigenvalue weighted by Gasteiger charge is -2.31. The fraction of sp³-hybridized carbons (Fsp3) is 0.467. The van der Waals surface area contributed by atoms with E-state index in [2.05, 4.69) is 15.4 Å². The first-order valence-corrected chi connectivity index (χ1v) is 7.50. The zero-order chi connectivity index (χ0) is 16.4. The second kappa shape index (κ2) is 6.33. The van der Waals surface area contributed by atoms with Crippen molar-refractivity contribution in [1.29, 1.82) is 0 Å². The van der Waals surface area contributed by atoms with E-state index in [1.54, 1.807) is 7.11 Å². The van der Waals surface area contributed by atoms with Gasteiger partial charge in [0.2, 0.25) is 0 Å². The monoisotopic (exact) mass is 320 g/mol. The average molecular weight is 320 g/mol. The Bertz CT molecular complexity index is 707. The number of amides is 1. The van der Waals surface area contributed by atoms with Gasteiger partial charge in [0.05, 0.1) is 7.11 Å². The molecule has 2 heterocycles. The number of likely N-dealkylation sites (tertiary alicyclic amines) is 1. The molecule has 0 saturated carbocycles. The molecule has 2 aromatic rings. The van der Waals surface area contributed by atoms with Crippen molar-refractivity contribution in [3.8, 4) is 5.75 Å². The van der Waals surface area contributed by atoms with Gasteiger partial charge in [0, 0.05) is 25.7 Å². The first-order chi connectivity index (χ1) is 11.1. The minimum absolute atomic E-state index is 0.0369. The molecule has 8 nitrogen and oxygen atoms in total. The summed E-state index contributed by atoms with van der Waals surface area (Å²) in [7, 11) is 1.59. The van der Waals surface area contributed by atoms with Crippen molar-refractivity contribution in [2.75, 3.05) is 25.9 Å². The van der Waals surface area contributed by atoms with Crippen LogP contribution in [0.3, 0.4) is 0 Å². The maximum atomic E-state index is 10.7. The third kappa shape index (κ3) is 3.31. The number of nitrogens with one attached hydrogen (secondary N) is 1. The predicted octanol–water partition coefficient (Wildman–Crippen LogP) is 1.65. The van der Waals surface area contributed by atoms with E-state index in [0.717, 1.165) is 38.0 Å². The number of nitrogen functional groups attached to an aromatic ring is 1. The first kappa shape index (κ1) is 15.4. The molecule has 4 N–H and O–H groups in total. The summed E-state index contributed by atoms with van der Waals surface area (Å²) in [5.41, 5.74) is 7.45. The highest BCUT2D eigenvalue weighted by atomic mass is 16.5. The van der Waals surface area contributed by atoms with Crippen LogP contribution in [0.1, 0.15) is 18.4 Å². The van der Waals surface area contributed by atoms with Gasteiger partial charge in [0.15, 0.2) is 11.4 Å². The Morgan fingerprint density at radius 2 is 2.26 bits per heavy atom. The van der Waals surface area contributed by atoms with Crippen LogP contribution in [0, 0.1) is 0 Å². The SMILES string of the molecule is COc1cc(CN2CCC(NC(=O)O)CC2)cc2onc(N)c12. The van der Waals surface area contributed by atoms with Crippen LogP contribution >= 0.6 is 0 Å². The van der Waals surface area contributed by atoms with Gasteiger partial charge in [-0.15, -0.1) is 0 Å². The summed E-state index contributed by atoms with van der Waals surface area (Å²) in [6, 6.07) is 3.90. The molecule has 23 heavy (non-hydrogen) atoms. The smallest absolute Gasteiger partial charge is 0.404 e. The van der Waals surface area contributed by atoms with E-state index >= 15 is 0 Å². The summed E-state index contributed by atoms with van der Waals surface area (Å²) >= 11 is 0. The van der Waals surface area contributed by atoms with Gasteiger partial charge in [0.1, 0.15) is 11.1 Å². The van der Waals surface area contributed by atoms with Crippen LogP contribution in [-0.4, -0.2) is 47.5 Å². The molecule has 1 saturated heterocycles. The Morgan fingerprint density at radius 3 is 2.91 bits per heavy atom. The number of hydrogen-bond donors (Lipinski definition) is 3. The number of methoxy groups -OCH3 is 1. The van der Waals surface area contributed by atoms with Crippen molar-refractivity contribution in [1.82, 2.24) is 15.4 Å². The molecule has 1 aliphatic rings. The number of nitrogens with zero attached hydrogens (tertiary/aromatic N) is 2. The van der Waals surface area contributed by atoms with Gasteiger partial charge < -0.3 is 25.4 Å². The number of piperidine rings is 1. The molecular weight excluding hydrogens is 300 g/mol. The lowest BCUT2D eigenvalue weighted by Crippen LogP contribution is -2.43. The molecule has 124 valence electrons. The van der Waals surface area contributed by atoms with Crippen LogP contribution in [-0.2, 0) is 6.54 Å². The molecule has 1 aliphatic heterocycles. The highest BCUT2D eigenvalue weighted by Gasteiger charge is 2.21. The van der Waals surface area contributed by atoms with Crippen molar-refractivity contribution in [3.05, 3.63) is 17.7 Å². The molecule has 0 aliphatic carbocycles. The first-order valence-electron chi connectivity index (χ1n) is 7.50. The molecule has 0 unspecified atom stereocenters. The summed E-state index contributed by atoms with van der Waals surface area (Å²) in [5, 5.41) is 15.8. The van der Waals surface area contributed by atoms with Gasteiger partial charge in [-0.05, 0) is 30.5 Å². The maximum Gasteiger partial charge on any atom is 0.404 e. The predicted molar refractivity (Wildman–Crippen MR) is 84.4 cm³/mol. The van der Waals surface area contributed by atoms with Crippen LogP contribution in [0.5, 0.6) is 5.75 Å². The third-order valence-corrected chi connectivity index (χ3v) is 4.17. The van der Waals surface area contributed by atoms with Crippen LogP contribution in [0.15, 0.2) is 16.7 Å². The maximum absolute atomic E-state index is 10.7. The van der Waals surface area contributed by atoms with E-state index in [9.17, 15) is 4.79 Å². The van der Waals surface area contributed by atoms with Crippen molar-refractivity contribution in [2.45, 2.75) is 25.4 Å². The average Bonchev–Trinajstić information content (AvgIpc) is 2.89. The number of rotatable bonds is 4. The van der Waals surface area contributed by atoms with E-state index in [-0.39, 0.29) is 6.04 Å². The standard InChI is InChI=1S/C15H20N4O4/c1-22-11-6-9(7-12-13(11)14(16)18-23-12)8-19-4-2-10(3-5-19)17-15(20)21/h6-7,10,17H,2-5,8H2,1H3,(H2,16,18)(H,20,21). The number of carbonyl (C=O) groups is 1. The lowest BCUT2D eigenvalue weighted by molar-refractivity contribution is 0.165. The number of anilines is 1. The van der Waals surface area contributed by atoms with Gasteiger partial charge in [-0.3, -0.25) is 4.90 Å². The van der Waals surface area contributed by atoms with E-state index in [4.69, 9.17) is 20.1 Å². The molecule has 1 amide bonds. The van der Waals surface area contributed by atoms with E-state index in [1.807, 2.05) is 12.1 Å². The van der Waals surface area contributed by atoms with Crippen LogP contribution < -0.4 is 15.8 Å². The largest absolute Gasteiger partial charge is 0.496 e. The molecule has 0 bridgehead atoms. The number of benzene rings is 1. The molecule has 1 aromatic carbocycles. The van der Waals surface area contributed by atoms with E-state index < -0.39 is 6.09 Å². The van der Waals surface area contributed by atoms with Crippen molar-refractivity contribution in [3.63, 3.8) is 0 Å². The summed E-state index contributed by atoms with van der Waals surface area (Å²) in [6.07, 6.45) is 0.656. The Morgan fingerprint density at radius 1 is 1.52 bits per heavy atom. The highest BCUT2D eigenvalue weighted by molar-refractivity contribution is 5.93. The van der Waals surface area contributed by atoms with E-state index in [1.165, 1.54) is 0 Å². The summed E-state index contributed by atoms with van der Waals surface area (Å²) in [6.45, 7) is 2.42. The summed E-state index contributed by atoms with van der Waals surface area (Å²) in [5.74, 6) is 0.975. The fourth-order valence-corrected chi connectivity index (χ4v) is 3.03. The Kier molecular flexibility index (Phi) is 4.24. The fourth-order valence-electron chi connectivity index (χ4n) is 3.03. The van der Waals surface area contributed by atoms with Crippen LogP contribution in [0.4, 0.5) is 10.6 Å². The zero-order valence-electron chi connectivity index (χ0n) is 12.9. The molecule has 0 spiro atoms. The minimum Gasteiger partial charge on any atom is -0.496 e. The summed E-state index contributed by atoms with van der Waals surface area (Å²) < 4.78 is 10.6. The number of fused-ring (bicyclic) bond motifs is 1. The van der Waals surface area contributed by atoms with E-state index in [0.29, 0.717) is 22.5 Å². The van der Waals surface area contributed by atoms with Crippen molar-refractivity contribution < 1.29 is 19.2 Å². The molecule has 0 radical (unpaired) electrons. The molecule has 0 atom stereocenters. The molecule has 1 fully saturated rings. The quantitative estimate of drug-likeness (QED) is 0.784. The number of ether oxygens (including phenoxy) is 1. The number of aromatic nitrogens is 1. The second-order valence-electron chi connectivity index (χ2n) is 5.74. The lowest BCUT2D eigenvalue weighted by atomic mass is 10.0. The van der Waals surface area contributed by atoms with Gasteiger partial charge in [-0.25, -0.2) is 4.79 Å². The minimum atomic E-state index is -0.957. The number of carboxylic acid groups (broad SMARTS) is 1. The van der Waals surface area contributed by atoms with Crippen molar-refractivity contribution >= 4 is 22.9 Å². The summed E-state index contributed by atoms with van der Waals surface area (Å²) in [4.78, 5) is 13.0. The van der Waals surface area contributed by atoms with Crippen LogP contribution in [0.2, 0.25) is 0 Å². The topological polar surface area (TPSA) is 114 Å². The number of hydrogen-bond acceptors (Lipinski definition) is 6.